The molecule has 0 bridgehead atoms. The van der Waals surface area contributed by atoms with Gasteiger partial charge in [-0.15, -0.1) is 0 Å². The van der Waals surface area contributed by atoms with E-state index in [1.807, 2.05) is 0 Å². The van der Waals surface area contributed by atoms with Crippen LogP contribution in [0.2, 0.25) is 0 Å². The molecule has 0 radical (unpaired) electrons. The van der Waals surface area contributed by atoms with Crippen LogP contribution in [0.25, 0.3) is 0 Å². The van der Waals surface area contributed by atoms with E-state index < -0.39 is 0 Å². The van der Waals surface area contributed by atoms with Gasteiger partial charge in [-0.1, -0.05) is 101 Å². The summed E-state index contributed by atoms with van der Waals surface area (Å²) in [5, 5.41) is 12.5. The molecule has 1 rings (SSSR count). The van der Waals surface area contributed by atoms with Gasteiger partial charge in [0.25, 0.3) is 5.91 Å². The number of amides is 1. The van der Waals surface area contributed by atoms with Gasteiger partial charge in [0.1, 0.15) is 11.5 Å². The fourth-order valence-electron chi connectivity index (χ4n) is 3.32. The normalized spacial score (nSPS) is 12.1. The van der Waals surface area contributed by atoms with Gasteiger partial charge in [0.2, 0.25) is 0 Å². The van der Waals surface area contributed by atoms with Crippen molar-refractivity contribution in [3.05, 3.63) is 90.6 Å². The van der Waals surface area contributed by atoms with Gasteiger partial charge in [-0.2, -0.15) is 0 Å². The number of benzene rings is 1. The number of hydrogen-bond donors (Lipinski definition) is 2. The number of carbonyl (C=O) groups is 2. The summed E-state index contributed by atoms with van der Waals surface area (Å²) >= 11 is 0. The number of ketones is 1. The molecule has 1 amide bonds. The highest BCUT2D eigenvalue weighted by Gasteiger charge is 2.09. The van der Waals surface area contributed by atoms with Crippen molar-refractivity contribution < 1.29 is 14.7 Å². The highest BCUT2D eigenvalue weighted by Crippen LogP contribution is 2.22. The molecule has 6 heteroatoms. The number of aromatic hydroxyl groups is 1. The molecular weight excluding hydrogens is 510 g/mol. The number of para-hydroxylation sites is 1. The van der Waals surface area contributed by atoms with E-state index in [0.717, 1.165) is 62.9 Å². The maximum Gasteiger partial charge on any atom is 0.255 e. The van der Waals surface area contributed by atoms with Gasteiger partial charge in [-0.25, -0.2) is 0 Å². The van der Waals surface area contributed by atoms with E-state index in [1.165, 1.54) is 6.07 Å². The van der Waals surface area contributed by atoms with Gasteiger partial charge in [0.05, 0.1) is 5.56 Å². The Labute approximate surface area is 238 Å². The molecule has 208 valence electrons. The summed E-state index contributed by atoms with van der Waals surface area (Å²) in [6.07, 6.45) is 31.1. The Hall–Kier alpha value is -2.44. The Morgan fingerprint density at radius 3 is 1.95 bits per heavy atom. The van der Waals surface area contributed by atoms with Gasteiger partial charge in [0.15, 0.2) is 0 Å². The average molecular weight is 556 g/mol. The minimum atomic E-state index is -0.260. The molecule has 0 saturated heterocycles. The number of phenols is 1. The van der Waals surface area contributed by atoms with Crippen molar-refractivity contribution in [3.63, 3.8) is 0 Å². The van der Waals surface area contributed by atoms with Gasteiger partial charge in [-0.05, 0) is 63.5 Å². The second kappa shape index (κ2) is 24.9. The molecular formula is C32H45NO3S2. The van der Waals surface area contributed by atoms with Crippen molar-refractivity contribution in [2.24, 2.45) is 0 Å². The molecule has 0 unspecified atom stereocenters. The molecule has 0 aliphatic carbocycles. The minimum Gasteiger partial charge on any atom is -0.507 e. The number of hydrogen-bond acceptors (Lipinski definition) is 5. The van der Waals surface area contributed by atoms with Crippen LogP contribution in [0.5, 0.6) is 5.75 Å². The lowest BCUT2D eigenvalue weighted by molar-refractivity contribution is -0.119. The van der Waals surface area contributed by atoms with E-state index in [2.05, 4.69) is 73.0 Å². The molecule has 0 atom stereocenters. The molecule has 0 spiro atoms. The summed E-state index contributed by atoms with van der Waals surface area (Å²) < 4.78 is 0. The second-order valence-corrected chi connectivity index (χ2v) is 11.4. The van der Waals surface area contributed by atoms with E-state index in [1.54, 1.807) is 39.8 Å². The molecule has 0 heterocycles. The number of allylic oxidation sites excluding steroid dienone is 10. The first-order valence-electron chi connectivity index (χ1n) is 13.7. The van der Waals surface area contributed by atoms with Crippen LogP contribution in [0.3, 0.4) is 0 Å². The standard InChI is InChI=1S/C32H45NO3S2/c1-2-3-4-5-6-7-8-9-10-11-12-13-14-15-16-17-18-22-29(34)23-21-27-37-38-28-26-33-32(36)30-24-19-20-25-31(30)35/h3-4,6-7,9-10,12-13,15-16,19-20,24-25,35H,2,5,8,11,14,17-18,21-23,26-28H2,1H3,(H,33,36)/b4-3-,7-6-,10-9-,13-12-,16-15-. The number of Topliss-reactive ketones (excluding diaryl/α,β-unsaturated/α-hetero) is 1. The molecule has 2 N–H and O–H groups in total. The largest absolute Gasteiger partial charge is 0.507 e. The van der Waals surface area contributed by atoms with Crippen molar-refractivity contribution in [1.29, 1.82) is 0 Å². The molecule has 38 heavy (non-hydrogen) atoms. The molecule has 0 fully saturated rings. The van der Waals surface area contributed by atoms with E-state index in [4.69, 9.17) is 0 Å². The van der Waals surface area contributed by atoms with Crippen LogP contribution < -0.4 is 5.32 Å². The van der Waals surface area contributed by atoms with Crippen molar-refractivity contribution in [2.75, 3.05) is 18.1 Å². The number of unbranched alkanes of at least 4 members (excludes halogenated alkanes) is 1. The molecule has 0 aromatic heterocycles. The lowest BCUT2D eigenvalue weighted by Crippen LogP contribution is -2.25. The monoisotopic (exact) mass is 555 g/mol. The van der Waals surface area contributed by atoms with E-state index in [-0.39, 0.29) is 11.7 Å². The van der Waals surface area contributed by atoms with Crippen molar-refractivity contribution >= 4 is 33.3 Å². The maximum absolute atomic E-state index is 12.0. The summed E-state index contributed by atoms with van der Waals surface area (Å²) in [6.45, 7) is 2.69. The summed E-state index contributed by atoms with van der Waals surface area (Å²) in [7, 11) is 3.43. The van der Waals surface area contributed by atoms with E-state index >= 15 is 0 Å². The van der Waals surface area contributed by atoms with Crippen molar-refractivity contribution in [1.82, 2.24) is 5.32 Å². The van der Waals surface area contributed by atoms with Crippen molar-refractivity contribution in [2.45, 2.75) is 71.1 Å². The Morgan fingerprint density at radius 1 is 0.763 bits per heavy atom. The van der Waals surface area contributed by atoms with E-state index in [0.29, 0.717) is 30.7 Å². The van der Waals surface area contributed by atoms with E-state index in [9.17, 15) is 14.7 Å². The lowest BCUT2D eigenvalue weighted by atomic mass is 10.1. The first-order chi connectivity index (χ1) is 18.6. The first-order valence-corrected chi connectivity index (χ1v) is 16.2. The zero-order valence-electron chi connectivity index (χ0n) is 22.9. The number of carbonyl (C=O) groups excluding carboxylic acids is 2. The Bertz CT molecular complexity index is 919. The fraction of sp³-hybridized carbons (Fsp3) is 0.438. The third-order valence-corrected chi connectivity index (χ3v) is 7.86. The highest BCUT2D eigenvalue weighted by atomic mass is 33.1. The molecule has 0 saturated carbocycles. The summed E-state index contributed by atoms with van der Waals surface area (Å²) in [6, 6.07) is 6.53. The van der Waals surface area contributed by atoms with Gasteiger partial charge < -0.3 is 10.4 Å². The minimum absolute atomic E-state index is 0.00504. The highest BCUT2D eigenvalue weighted by molar-refractivity contribution is 8.76. The van der Waals surface area contributed by atoms with Crippen LogP contribution in [-0.4, -0.2) is 34.8 Å². The third-order valence-electron chi connectivity index (χ3n) is 5.37. The van der Waals surface area contributed by atoms with Gasteiger partial charge in [-0.3, -0.25) is 9.59 Å². The van der Waals surface area contributed by atoms with Gasteiger partial charge in [0, 0.05) is 30.9 Å². The van der Waals surface area contributed by atoms with Crippen LogP contribution in [0.15, 0.2) is 85.0 Å². The predicted octanol–water partition coefficient (Wildman–Crippen LogP) is 8.77. The Balaban J connectivity index is 1.90. The summed E-state index contributed by atoms with van der Waals surface area (Å²) in [5.74, 6) is 1.79. The lowest BCUT2D eigenvalue weighted by Gasteiger charge is -2.06. The smallest absolute Gasteiger partial charge is 0.255 e. The zero-order valence-corrected chi connectivity index (χ0v) is 24.5. The SMILES string of the molecule is CC/C=C\C/C=C\C/C=C\C/C=C\C/C=C\CCCC(=O)CCCSSCCNC(=O)c1ccccc1O. The van der Waals surface area contributed by atoms with Crippen LogP contribution in [0.4, 0.5) is 0 Å². The van der Waals surface area contributed by atoms with Crippen molar-refractivity contribution in [3.8, 4) is 5.75 Å². The average Bonchev–Trinajstić information content (AvgIpc) is 2.92. The first kappa shape index (κ1) is 33.6. The topological polar surface area (TPSA) is 66.4 Å². The Morgan fingerprint density at radius 2 is 1.32 bits per heavy atom. The van der Waals surface area contributed by atoms with Crippen LogP contribution in [0.1, 0.15) is 81.5 Å². The number of rotatable bonds is 22. The fourth-order valence-corrected chi connectivity index (χ4v) is 5.32. The quantitative estimate of drug-likeness (QED) is 0.0850. The second-order valence-electron chi connectivity index (χ2n) is 8.66. The van der Waals surface area contributed by atoms with Gasteiger partial charge >= 0.3 is 0 Å². The molecule has 0 aliphatic rings. The molecule has 1 aromatic rings. The molecule has 0 aliphatic heterocycles. The third kappa shape index (κ3) is 19.6. The Kier molecular flexibility index (Phi) is 22.0. The maximum atomic E-state index is 12.0. The molecule has 1 aromatic carbocycles. The zero-order chi connectivity index (χ0) is 27.5. The van der Waals surface area contributed by atoms with Crippen LogP contribution in [-0.2, 0) is 4.79 Å². The molecule has 4 nitrogen and oxygen atoms in total. The number of phenolic OH excluding ortho intramolecular Hbond substituents is 1. The predicted molar refractivity (Wildman–Crippen MR) is 168 cm³/mol. The van der Waals surface area contributed by atoms with Crippen LogP contribution >= 0.6 is 21.6 Å². The summed E-state index contributed by atoms with van der Waals surface area (Å²) in [4.78, 5) is 24.0. The summed E-state index contributed by atoms with van der Waals surface area (Å²) in [5.41, 5.74) is 0.296. The number of nitrogens with one attached hydrogen (secondary N) is 1. The van der Waals surface area contributed by atoms with Crippen LogP contribution in [0, 0.1) is 0 Å².